The Morgan fingerprint density at radius 3 is 2.62 bits per heavy atom. The zero-order valence-electron chi connectivity index (χ0n) is 13.6. The van der Waals surface area contributed by atoms with Crippen molar-refractivity contribution in [3.8, 4) is 0 Å². The first kappa shape index (κ1) is 14.6. The fourth-order valence-corrected chi connectivity index (χ4v) is 3.57. The molecule has 1 saturated heterocycles. The fourth-order valence-electron chi connectivity index (χ4n) is 3.57. The largest absolute Gasteiger partial charge is 0.347 e. The van der Waals surface area contributed by atoms with E-state index in [4.69, 9.17) is 0 Å². The molecule has 1 aliphatic heterocycles. The lowest BCUT2D eigenvalue weighted by molar-refractivity contribution is 0.244. The molecule has 1 N–H and O–H groups in total. The maximum absolute atomic E-state index is 3.42. The summed E-state index contributed by atoms with van der Waals surface area (Å²) in [6, 6.07) is 4.66. The predicted octanol–water partition coefficient (Wildman–Crippen LogP) is 2.73. The third kappa shape index (κ3) is 2.99. The lowest BCUT2D eigenvalue weighted by Crippen LogP contribution is -2.44. The summed E-state index contributed by atoms with van der Waals surface area (Å²) in [7, 11) is 0. The Labute approximate surface area is 127 Å². The molecule has 0 unspecified atom stereocenters. The van der Waals surface area contributed by atoms with E-state index >= 15 is 0 Å². The molecule has 2 heterocycles. The van der Waals surface area contributed by atoms with Crippen LogP contribution in [0.3, 0.4) is 0 Å². The van der Waals surface area contributed by atoms with E-state index in [2.05, 4.69) is 53.9 Å². The highest BCUT2D eigenvalue weighted by molar-refractivity contribution is 5.87. The Kier molecular flexibility index (Phi) is 4.32. The summed E-state index contributed by atoms with van der Waals surface area (Å²) in [4.78, 5) is 2.58. The van der Waals surface area contributed by atoms with Crippen LogP contribution >= 0.6 is 0 Å². The van der Waals surface area contributed by atoms with E-state index in [1.54, 1.807) is 0 Å². The first-order valence-electron chi connectivity index (χ1n) is 8.21. The van der Waals surface area contributed by atoms with Gasteiger partial charge in [0.25, 0.3) is 0 Å². The number of rotatable bonds is 4. The van der Waals surface area contributed by atoms with Crippen molar-refractivity contribution in [3.63, 3.8) is 0 Å². The molecule has 0 amide bonds. The molecule has 1 fully saturated rings. The van der Waals surface area contributed by atoms with E-state index in [1.165, 1.54) is 47.2 Å². The van der Waals surface area contributed by atoms with E-state index in [-0.39, 0.29) is 0 Å². The summed E-state index contributed by atoms with van der Waals surface area (Å²) in [5.74, 6) is 0. The molecule has 0 aliphatic carbocycles. The van der Waals surface area contributed by atoms with Crippen LogP contribution in [-0.4, -0.2) is 42.2 Å². The minimum atomic E-state index is 1.05. The van der Waals surface area contributed by atoms with Gasteiger partial charge in [0.1, 0.15) is 0 Å². The van der Waals surface area contributed by atoms with Gasteiger partial charge in [0.05, 0.1) is 5.52 Å². The van der Waals surface area contributed by atoms with Crippen LogP contribution < -0.4 is 5.32 Å². The van der Waals surface area contributed by atoms with Crippen molar-refractivity contribution < 1.29 is 0 Å². The quantitative estimate of drug-likeness (QED) is 0.932. The zero-order valence-corrected chi connectivity index (χ0v) is 13.6. The van der Waals surface area contributed by atoms with Crippen LogP contribution in [0.5, 0.6) is 0 Å². The maximum atomic E-state index is 3.42. The van der Waals surface area contributed by atoms with Crippen molar-refractivity contribution in [2.75, 3.05) is 32.7 Å². The van der Waals surface area contributed by atoms with Crippen molar-refractivity contribution in [1.82, 2.24) is 14.8 Å². The predicted molar refractivity (Wildman–Crippen MR) is 90.1 cm³/mol. The Bertz CT molecular complexity index is 621. The van der Waals surface area contributed by atoms with Gasteiger partial charge in [0, 0.05) is 50.9 Å². The van der Waals surface area contributed by atoms with Crippen molar-refractivity contribution in [1.29, 1.82) is 0 Å². The van der Waals surface area contributed by atoms with E-state index in [1.807, 2.05) is 0 Å². The van der Waals surface area contributed by atoms with Crippen molar-refractivity contribution in [2.45, 2.75) is 33.7 Å². The van der Waals surface area contributed by atoms with Crippen molar-refractivity contribution in [3.05, 3.63) is 35.0 Å². The van der Waals surface area contributed by atoms with E-state index in [0.717, 1.165) is 26.1 Å². The molecular formula is C18H27N3. The van der Waals surface area contributed by atoms with Gasteiger partial charge in [-0.1, -0.05) is 11.6 Å². The summed E-state index contributed by atoms with van der Waals surface area (Å²) in [6.45, 7) is 13.5. The van der Waals surface area contributed by atoms with Gasteiger partial charge in [0.15, 0.2) is 0 Å². The normalized spacial score (nSPS) is 16.7. The number of nitrogens with zero attached hydrogens (tertiary/aromatic N) is 2. The van der Waals surface area contributed by atoms with Crippen LogP contribution in [0.4, 0.5) is 0 Å². The summed E-state index contributed by atoms with van der Waals surface area (Å²) in [6.07, 6.45) is 3.53. The maximum Gasteiger partial charge on any atom is 0.0512 e. The number of benzene rings is 1. The molecule has 0 radical (unpaired) electrons. The molecule has 21 heavy (non-hydrogen) atoms. The van der Waals surface area contributed by atoms with Gasteiger partial charge in [-0.05, 0) is 44.4 Å². The summed E-state index contributed by atoms with van der Waals surface area (Å²) < 4.78 is 2.41. The molecule has 3 nitrogen and oxygen atoms in total. The molecule has 1 aromatic carbocycles. The average molecular weight is 285 g/mol. The molecule has 2 aromatic rings. The number of hydrogen-bond donors (Lipinski definition) is 1. The lowest BCUT2D eigenvalue weighted by Gasteiger charge is -2.26. The van der Waals surface area contributed by atoms with Gasteiger partial charge in [-0.2, -0.15) is 0 Å². The van der Waals surface area contributed by atoms with Crippen LogP contribution in [0.15, 0.2) is 18.3 Å². The molecule has 0 atom stereocenters. The number of piperazine rings is 1. The molecule has 114 valence electrons. The van der Waals surface area contributed by atoms with E-state index in [9.17, 15) is 0 Å². The Morgan fingerprint density at radius 1 is 1.14 bits per heavy atom. The zero-order chi connectivity index (χ0) is 14.8. The minimum Gasteiger partial charge on any atom is -0.347 e. The highest BCUT2D eigenvalue weighted by Gasteiger charge is 2.13. The molecular weight excluding hydrogens is 258 g/mol. The number of aromatic nitrogens is 1. The lowest BCUT2D eigenvalue weighted by atomic mass is 10.0. The molecule has 1 aromatic heterocycles. The van der Waals surface area contributed by atoms with Crippen LogP contribution in [0.1, 0.15) is 23.6 Å². The first-order chi connectivity index (χ1) is 10.2. The third-order valence-electron chi connectivity index (χ3n) is 4.64. The summed E-state index contributed by atoms with van der Waals surface area (Å²) in [5.41, 5.74) is 5.72. The minimum absolute atomic E-state index is 1.05. The molecule has 3 rings (SSSR count). The highest BCUT2D eigenvalue weighted by Crippen LogP contribution is 2.26. The van der Waals surface area contributed by atoms with E-state index in [0.29, 0.717) is 0 Å². The number of hydrogen-bond acceptors (Lipinski definition) is 2. The van der Waals surface area contributed by atoms with Gasteiger partial charge in [0.2, 0.25) is 0 Å². The molecule has 0 saturated carbocycles. The van der Waals surface area contributed by atoms with Crippen LogP contribution in [-0.2, 0) is 13.0 Å². The number of aryl methyl sites for hydroxylation is 3. The number of fused-ring (bicyclic) bond motifs is 1. The second kappa shape index (κ2) is 6.20. The van der Waals surface area contributed by atoms with Crippen molar-refractivity contribution >= 4 is 10.9 Å². The van der Waals surface area contributed by atoms with Crippen molar-refractivity contribution in [2.24, 2.45) is 0 Å². The van der Waals surface area contributed by atoms with E-state index < -0.39 is 0 Å². The monoisotopic (exact) mass is 285 g/mol. The summed E-state index contributed by atoms with van der Waals surface area (Å²) >= 11 is 0. The van der Waals surface area contributed by atoms with Crippen LogP contribution in [0.25, 0.3) is 10.9 Å². The average Bonchev–Trinajstić information content (AvgIpc) is 2.84. The van der Waals surface area contributed by atoms with Crippen LogP contribution in [0.2, 0.25) is 0 Å². The molecule has 1 aliphatic rings. The Hall–Kier alpha value is -1.32. The van der Waals surface area contributed by atoms with Gasteiger partial charge in [-0.3, -0.25) is 0 Å². The topological polar surface area (TPSA) is 20.2 Å². The molecule has 0 bridgehead atoms. The van der Waals surface area contributed by atoms with Gasteiger partial charge in [-0.25, -0.2) is 0 Å². The smallest absolute Gasteiger partial charge is 0.0512 e. The first-order valence-corrected chi connectivity index (χ1v) is 8.21. The Balaban J connectivity index is 1.87. The van der Waals surface area contributed by atoms with Gasteiger partial charge in [-0.15, -0.1) is 0 Å². The third-order valence-corrected chi connectivity index (χ3v) is 4.64. The highest BCUT2D eigenvalue weighted by atomic mass is 15.2. The number of nitrogens with one attached hydrogen (secondary N) is 1. The second-order valence-corrected chi connectivity index (χ2v) is 6.26. The van der Waals surface area contributed by atoms with Gasteiger partial charge < -0.3 is 14.8 Å². The Morgan fingerprint density at radius 2 is 1.90 bits per heavy atom. The molecule has 3 heteroatoms. The van der Waals surface area contributed by atoms with Gasteiger partial charge >= 0.3 is 0 Å². The van der Waals surface area contributed by atoms with Crippen LogP contribution in [0, 0.1) is 13.8 Å². The standard InChI is InChI=1S/C18H27N3/c1-4-21-13-16(5-8-20-9-6-19-7-10-20)17-12-14(2)11-15(3)18(17)21/h11-13,19H,4-10H2,1-3H3. The second-order valence-electron chi connectivity index (χ2n) is 6.26. The fraction of sp³-hybridized carbons (Fsp3) is 0.556. The SMILES string of the molecule is CCn1cc(CCN2CCNCC2)c2cc(C)cc(C)c21. The summed E-state index contributed by atoms with van der Waals surface area (Å²) in [5, 5.41) is 4.89. The molecule has 0 spiro atoms.